The van der Waals surface area contributed by atoms with E-state index in [-0.39, 0.29) is 0 Å². The van der Waals surface area contributed by atoms with Gasteiger partial charge in [-0.1, -0.05) is 17.2 Å². The maximum absolute atomic E-state index is 8.02. The minimum atomic E-state index is 0.363. The van der Waals surface area contributed by atoms with E-state index in [9.17, 15) is 0 Å². The summed E-state index contributed by atoms with van der Waals surface area (Å²) >= 11 is 0. The van der Waals surface area contributed by atoms with E-state index in [1.165, 1.54) is 0 Å². The second kappa shape index (κ2) is 3.49. The fourth-order valence-corrected chi connectivity index (χ4v) is 0.805. The average Bonchev–Trinajstić information content (AvgIpc) is 2.01. The minimum absolute atomic E-state index is 0.363. The monoisotopic (exact) mass is 148 g/mol. The number of nitrogens with two attached hydrogens (primary N) is 1. The molecule has 2 N–H and O–H groups in total. The van der Waals surface area contributed by atoms with Crippen LogP contribution in [0.15, 0.2) is 29.4 Å². The van der Waals surface area contributed by atoms with Gasteiger partial charge in [-0.2, -0.15) is 0 Å². The van der Waals surface area contributed by atoms with Crippen LogP contribution >= 0.6 is 0 Å². The van der Waals surface area contributed by atoms with E-state index in [0.29, 0.717) is 12.2 Å². The largest absolute Gasteiger partial charge is 0.399 e. The molecule has 1 aromatic carbocycles. The summed E-state index contributed by atoms with van der Waals surface area (Å²) in [4.78, 5) is 2.64. The van der Waals surface area contributed by atoms with Crippen LogP contribution in [0.3, 0.4) is 0 Å². The molecule has 0 spiro atoms. The Balaban J connectivity index is 2.79. The Bertz CT molecular complexity index is 288. The van der Waals surface area contributed by atoms with Gasteiger partial charge in [0.25, 0.3) is 0 Å². The van der Waals surface area contributed by atoms with Crippen molar-refractivity contribution in [3.05, 3.63) is 40.3 Å². The maximum Gasteiger partial charge on any atom is 0.0511 e. The highest BCUT2D eigenvalue weighted by Crippen LogP contribution is 2.07. The molecule has 11 heavy (non-hydrogen) atoms. The summed E-state index contributed by atoms with van der Waals surface area (Å²) in [5.41, 5.74) is 15.1. The van der Waals surface area contributed by atoms with Crippen molar-refractivity contribution in [1.29, 1.82) is 0 Å². The molecule has 0 fully saturated rings. The summed E-state index contributed by atoms with van der Waals surface area (Å²) in [6.45, 7) is 0.363. The zero-order chi connectivity index (χ0) is 8.10. The van der Waals surface area contributed by atoms with Crippen LogP contribution < -0.4 is 5.73 Å². The van der Waals surface area contributed by atoms with Crippen LogP contribution in [-0.4, -0.2) is 0 Å². The quantitative estimate of drug-likeness (QED) is 0.296. The molecule has 0 aliphatic rings. The molecule has 56 valence electrons. The van der Waals surface area contributed by atoms with Crippen LogP contribution in [0.2, 0.25) is 0 Å². The van der Waals surface area contributed by atoms with E-state index in [1.807, 2.05) is 12.1 Å². The molecule has 0 radical (unpaired) electrons. The van der Waals surface area contributed by atoms with Gasteiger partial charge < -0.3 is 5.73 Å². The first-order chi connectivity index (χ1) is 5.33. The first-order valence-corrected chi connectivity index (χ1v) is 3.18. The normalized spacial score (nSPS) is 8.73. The number of hydrogen-bond donors (Lipinski definition) is 1. The summed E-state index contributed by atoms with van der Waals surface area (Å²) in [7, 11) is 0. The zero-order valence-corrected chi connectivity index (χ0v) is 5.94. The summed E-state index contributed by atoms with van der Waals surface area (Å²) in [6, 6.07) is 7.27. The van der Waals surface area contributed by atoms with E-state index in [1.54, 1.807) is 12.1 Å². The highest BCUT2D eigenvalue weighted by atomic mass is 15.1. The van der Waals surface area contributed by atoms with E-state index < -0.39 is 0 Å². The Morgan fingerprint density at radius 3 is 3.00 bits per heavy atom. The predicted molar refractivity (Wildman–Crippen MR) is 43.7 cm³/mol. The molecule has 0 aromatic heterocycles. The van der Waals surface area contributed by atoms with Crippen LogP contribution in [0.4, 0.5) is 5.69 Å². The Kier molecular flexibility index (Phi) is 2.36. The highest BCUT2D eigenvalue weighted by Gasteiger charge is 1.89. The first kappa shape index (κ1) is 7.44. The molecule has 0 amide bonds. The fraction of sp³-hybridized carbons (Fsp3) is 0.143. The van der Waals surface area contributed by atoms with Crippen LogP contribution in [-0.2, 0) is 6.54 Å². The highest BCUT2D eigenvalue weighted by molar-refractivity contribution is 5.40. The van der Waals surface area contributed by atoms with Crippen molar-refractivity contribution in [2.24, 2.45) is 5.11 Å². The van der Waals surface area contributed by atoms with Crippen molar-refractivity contribution in [3.8, 4) is 0 Å². The van der Waals surface area contributed by atoms with Crippen molar-refractivity contribution in [2.45, 2.75) is 6.54 Å². The lowest BCUT2D eigenvalue weighted by Crippen LogP contribution is -1.86. The molecule has 0 unspecified atom stereocenters. The average molecular weight is 148 g/mol. The molecule has 0 aliphatic carbocycles. The molecule has 0 heterocycles. The van der Waals surface area contributed by atoms with Crippen molar-refractivity contribution in [2.75, 3.05) is 5.73 Å². The van der Waals surface area contributed by atoms with Crippen LogP contribution in [0.5, 0.6) is 0 Å². The Morgan fingerprint density at radius 1 is 1.55 bits per heavy atom. The van der Waals surface area contributed by atoms with Gasteiger partial charge in [-0.05, 0) is 23.2 Å². The molecule has 0 saturated heterocycles. The third-order valence-electron chi connectivity index (χ3n) is 1.27. The van der Waals surface area contributed by atoms with Crippen LogP contribution in [0.1, 0.15) is 5.56 Å². The minimum Gasteiger partial charge on any atom is -0.399 e. The summed E-state index contributed by atoms with van der Waals surface area (Å²) in [5, 5.41) is 3.41. The molecule has 0 bridgehead atoms. The Morgan fingerprint density at radius 2 is 2.36 bits per heavy atom. The lowest BCUT2D eigenvalue weighted by atomic mass is 10.2. The number of benzene rings is 1. The molecular formula is C7H8N4. The molecule has 1 rings (SSSR count). The van der Waals surface area contributed by atoms with E-state index >= 15 is 0 Å². The van der Waals surface area contributed by atoms with Gasteiger partial charge >= 0.3 is 0 Å². The SMILES string of the molecule is [N-]=[N+]=NCc1cccc(N)c1. The molecule has 0 atom stereocenters. The van der Waals surface area contributed by atoms with Gasteiger partial charge in [0.05, 0.1) is 6.54 Å². The van der Waals surface area contributed by atoms with Gasteiger partial charge in [0.1, 0.15) is 0 Å². The van der Waals surface area contributed by atoms with Gasteiger partial charge in [0, 0.05) is 10.6 Å². The maximum atomic E-state index is 8.02. The van der Waals surface area contributed by atoms with Crippen LogP contribution in [0, 0.1) is 0 Å². The van der Waals surface area contributed by atoms with E-state index in [4.69, 9.17) is 11.3 Å². The number of hydrogen-bond acceptors (Lipinski definition) is 2. The van der Waals surface area contributed by atoms with Gasteiger partial charge in [0.2, 0.25) is 0 Å². The standard InChI is InChI=1S/C7H8N4/c8-7-3-1-2-6(4-7)5-10-11-9/h1-4H,5,8H2. The smallest absolute Gasteiger partial charge is 0.0511 e. The van der Waals surface area contributed by atoms with Gasteiger partial charge in [0.15, 0.2) is 0 Å². The molecule has 0 aliphatic heterocycles. The fourth-order valence-electron chi connectivity index (χ4n) is 0.805. The second-order valence-corrected chi connectivity index (χ2v) is 2.13. The molecule has 0 saturated carbocycles. The van der Waals surface area contributed by atoms with Crippen molar-refractivity contribution >= 4 is 5.69 Å². The summed E-state index contributed by atoms with van der Waals surface area (Å²) in [5.74, 6) is 0. The topological polar surface area (TPSA) is 74.8 Å². The number of nitrogens with zero attached hydrogens (tertiary/aromatic N) is 3. The Labute approximate surface area is 64.3 Å². The van der Waals surface area contributed by atoms with E-state index in [2.05, 4.69) is 10.0 Å². The van der Waals surface area contributed by atoms with Gasteiger partial charge in [-0.25, -0.2) is 0 Å². The van der Waals surface area contributed by atoms with Crippen molar-refractivity contribution < 1.29 is 0 Å². The molecular weight excluding hydrogens is 140 g/mol. The summed E-state index contributed by atoms with van der Waals surface area (Å²) < 4.78 is 0. The van der Waals surface area contributed by atoms with Gasteiger partial charge in [-0.3, -0.25) is 0 Å². The van der Waals surface area contributed by atoms with Crippen molar-refractivity contribution in [3.63, 3.8) is 0 Å². The lowest BCUT2D eigenvalue weighted by Gasteiger charge is -1.95. The van der Waals surface area contributed by atoms with Gasteiger partial charge in [-0.15, -0.1) is 0 Å². The van der Waals surface area contributed by atoms with Crippen molar-refractivity contribution in [1.82, 2.24) is 0 Å². The predicted octanol–water partition coefficient (Wildman–Crippen LogP) is 2.08. The Hall–Kier alpha value is -1.67. The molecule has 1 aromatic rings. The lowest BCUT2D eigenvalue weighted by molar-refractivity contribution is 1.05. The number of anilines is 1. The second-order valence-electron chi connectivity index (χ2n) is 2.13. The number of nitrogen functional groups attached to an aromatic ring is 1. The number of azide groups is 1. The number of rotatable bonds is 2. The zero-order valence-electron chi connectivity index (χ0n) is 5.94. The molecule has 4 heteroatoms. The third-order valence-corrected chi connectivity index (χ3v) is 1.27. The first-order valence-electron chi connectivity index (χ1n) is 3.18. The van der Waals surface area contributed by atoms with E-state index in [0.717, 1.165) is 5.56 Å². The van der Waals surface area contributed by atoms with Crippen LogP contribution in [0.25, 0.3) is 10.4 Å². The summed E-state index contributed by atoms with van der Waals surface area (Å²) in [6.07, 6.45) is 0. The molecule has 4 nitrogen and oxygen atoms in total. The third kappa shape index (κ3) is 2.20.